The quantitative estimate of drug-likeness (QED) is 0.432. The zero-order valence-electron chi connectivity index (χ0n) is 14.3. The molecule has 0 bridgehead atoms. The van der Waals surface area contributed by atoms with Crippen molar-refractivity contribution in [3.8, 4) is 5.75 Å². The van der Waals surface area contributed by atoms with Gasteiger partial charge in [0.25, 0.3) is 5.91 Å². The van der Waals surface area contributed by atoms with Crippen LogP contribution in [-0.2, 0) is 11.4 Å². The summed E-state index contributed by atoms with van der Waals surface area (Å²) in [4.78, 5) is 25.1. The number of hydrogen-bond donors (Lipinski definition) is 1. The van der Waals surface area contributed by atoms with Gasteiger partial charge < -0.3 is 10.1 Å². The van der Waals surface area contributed by atoms with E-state index in [0.717, 1.165) is 14.9 Å². The summed E-state index contributed by atoms with van der Waals surface area (Å²) < 4.78 is 7.49. The molecule has 1 aliphatic rings. The van der Waals surface area contributed by atoms with Crippen LogP contribution in [0.4, 0.5) is 4.79 Å². The van der Waals surface area contributed by atoms with Crippen LogP contribution < -0.4 is 10.1 Å². The Balaban J connectivity index is 1.79. The largest absolute Gasteiger partial charge is 0.486 e. The van der Waals surface area contributed by atoms with Gasteiger partial charge in [0.15, 0.2) is 5.75 Å². The number of carbonyl (C=O) groups excluding carboxylic acids is 2. The smallest absolute Gasteiger partial charge is 0.328 e. The predicted molar refractivity (Wildman–Crippen MR) is 112 cm³/mol. The molecule has 0 spiro atoms. The van der Waals surface area contributed by atoms with Crippen molar-refractivity contribution in [2.75, 3.05) is 6.54 Å². The second-order valence-electron chi connectivity index (χ2n) is 5.77. The molecule has 0 aliphatic carbocycles. The summed E-state index contributed by atoms with van der Waals surface area (Å²) in [5.74, 6) is 0.156. The molecule has 3 amide bonds. The minimum absolute atomic E-state index is 0.216. The van der Waals surface area contributed by atoms with E-state index < -0.39 is 6.03 Å². The number of carbonyl (C=O) groups is 2. The van der Waals surface area contributed by atoms with E-state index in [1.165, 1.54) is 0 Å². The Kier molecular flexibility index (Phi) is 6.24. The van der Waals surface area contributed by atoms with Crippen LogP contribution in [0.1, 0.15) is 18.1 Å². The van der Waals surface area contributed by atoms with Crippen LogP contribution in [0, 0.1) is 0 Å². The lowest BCUT2D eigenvalue weighted by Crippen LogP contribution is -2.30. The fourth-order valence-electron chi connectivity index (χ4n) is 2.56. The molecule has 0 aromatic heterocycles. The number of nitrogens with zero attached hydrogens (tertiary/aromatic N) is 1. The van der Waals surface area contributed by atoms with Gasteiger partial charge in [-0.1, -0.05) is 39.7 Å². The number of urea groups is 1. The van der Waals surface area contributed by atoms with Gasteiger partial charge in [-0.15, -0.1) is 0 Å². The monoisotopic (exact) mass is 512 g/mol. The van der Waals surface area contributed by atoms with Gasteiger partial charge in [-0.3, -0.25) is 9.69 Å². The molecule has 3 rings (SSSR count). The molecule has 0 atom stereocenters. The first-order valence-corrected chi connectivity index (χ1v) is 10.1. The van der Waals surface area contributed by atoms with Crippen LogP contribution >= 0.6 is 43.5 Å². The number of benzene rings is 2. The molecular formula is C19H15Br2ClN2O3. The Morgan fingerprint density at radius 1 is 1.19 bits per heavy atom. The van der Waals surface area contributed by atoms with Crippen molar-refractivity contribution < 1.29 is 14.3 Å². The normalized spacial score (nSPS) is 15.4. The topological polar surface area (TPSA) is 58.6 Å². The maximum atomic E-state index is 12.2. The predicted octanol–water partition coefficient (Wildman–Crippen LogP) is 5.36. The van der Waals surface area contributed by atoms with Crippen LogP contribution in [0.2, 0.25) is 5.02 Å². The molecule has 140 valence electrons. The summed E-state index contributed by atoms with van der Waals surface area (Å²) in [6, 6.07) is 10.8. The van der Waals surface area contributed by atoms with Crippen molar-refractivity contribution in [3.63, 3.8) is 0 Å². The van der Waals surface area contributed by atoms with E-state index in [2.05, 4.69) is 37.2 Å². The first-order valence-electron chi connectivity index (χ1n) is 8.10. The molecule has 5 nitrogen and oxygen atoms in total. The lowest BCUT2D eigenvalue weighted by Gasteiger charge is -2.11. The zero-order valence-corrected chi connectivity index (χ0v) is 18.2. The van der Waals surface area contributed by atoms with Gasteiger partial charge in [-0.2, -0.15) is 0 Å². The SMILES string of the molecule is CCN1C(=O)N/C(=C/c2cc(Cl)c(OCc3ccc(Br)cc3)c(Br)c2)C1=O. The summed E-state index contributed by atoms with van der Waals surface area (Å²) in [6.45, 7) is 2.42. The highest BCUT2D eigenvalue weighted by Crippen LogP contribution is 2.36. The Bertz CT molecular complexity index is 906. The number of nitrogens with one attached hydrogen (secondary N) is 1. The molecule has 2 aromatic carbocycles. The maximum Gasteiger partial charge on any atom is 0.328 e. The number of hydrogen-bond acceptors (Lipinski definition) is 3. The van der Waals surface area contributed by atoms with Crippen molar-refractivity contribution in [2.24, 2.45) is 0 Å². The van der Waals surface area contributed by atoms with Gasteiger partial charge in [-0.05, 0) is 64.3 Å². The summed E-state index contributed by atoms with van der Waals surface area (Å²) in [5, 5.41) is 2.96. The van der Waals surface area contributed by atoms with E-state index in [1.54, 1.807) is 25.1 Å². The molecule has 1 saturated heterocycles. The molecule has 1 heterocycles. The lowest BCUT2D eigenvalue weighted by molar-refractivity contribution is -0.122. The van der Waals surface area contributed by atoms with Gasteiger partial charge in [0, 0.05) is 11.0 Å². The van der Waals surface area contributed by atoms with Crippen LogP contribution in [0.5, 0.6) is 5.75 Å². The molecular weight excluding hydrogens is 499 g/mol. The van der Waals surface area contributed by atoms with Crippen molar-refractivity contribution in [1.82, 2.24) is 10.2 Å². The van der Waals surface area contributed by atoms with Crippen LogP contribution in [0.3, 0.4) is 0 Å². The first kappa shape index (κ1) is 19.9. The van der Waals surface area contributed by atoms with Gasteiger partial charge in [-0.25, -0.2) is 4.79 Å². The molecule has 8 heteroatoms. The van der Waals surface area contributed by atoms with E-state index >= 15 is 0 Å². The summed E-state index contributed by atoms with van der Waals surface area (Å²) in [6.07, 6.45) is 1.59. The molecule has 0 radical (unpaired) electrons. The second kappa shape index (κ2) is 8.46. The summed E-state index contributed by atoms with van der Waals surface area (Å²) in [5.41, 5.74) is 1.89. The van der Waals surface area contributed by atoms with Gasteiger partial charge in [0.1, 0.15) is 12.3 Å². The summed E-state index contributed by atoms with van der Waals surface area (Å²) >= 11 is 13.2. The third-order valence-electron chi connectivity index (χ3n) is 3.91. The third kappa shape index (κ3) is 4.54. The molecule has 27 heavy (non-hydrogen) atoms. The Morgan fingerprint density at radius 3 is 2.48 bits per heavy atom. The van der Waals surface area contributed by atoms with Gasteiger partial charge in [0.05, 0.1) is 9.50 Å². The zero-order chi connectivity index (χ0) is 19.6. The highest BCUT2D eigenvalue weighted by molar-refractivity contribution is 9.10. The van der Waals surface area contributed by atoms with Crippen molar-refractivity contribution in [1.29, 1.82) is 0 Å². The standard InChI is InChI=1S/C19H15Br2ClN2O3/c1-2-24-18(25)16(23-19(24)26)9-12-7-14(21)17(15(22)8-12)27-10-11-3-5-13(20)6-4-11/h3-9H,2,10H2,1H3,(H,23,26)/b16-9+. The third-order valence-corrected chi connectivity index (χ3v) is 5.31. The molecule has 0 saturated carbocycles. The number of amides is 3. The average Bonchev–Trinajstić information content (AvgIpc) is 2.88. The van der Waals surface area contributed by atoms with Crippen LogP contribution in [0.15, 0.2) is 51.0 Å². The number of likely N-dealkylation sites (N-methyl/N-ethyl adjacent to an activating group) is 1. The number of ether oxygens (including phenoxy) is 1. The number of rotatable bonds is 5. The maximum absolute atomic E-state index is 12.2. The van der Waals surface area contributed by atoms with E-state index in [4.69, 9.17) is 16.3 Å². The minimum atomic E-state index is -0.423. The van der Waals surface area contributed by atoms with Gasteiger partial charge >= 0.3 is 6.03 Å². The number of imide groups is 1. The Labute approximate surface area is 178 Å². The first-order chi connectivity index (χ1) is 12.9. The minimum Gasteiger partial charge on any atom is -0.486 e. The molecule has 2 aromatic rings. The average molecular weight is 515 g/mol. The Hall–Kier alpha value is -1.83. The van der Waals surface area contributed by atoms with E-state index in [9.17, 15) is 9.59 Å². The van der Waals surface area contributed by atoms with E-state index in [-0.39, 0.29) is 11.6 Å². The highest BCUT2D eigenvalue weighted by Gasteiger charge is 2.32. The second-order valence-corrected chi connectivity index (χ2v) is 7.94. The van der Waals surface area contributed by atoms with Crippen molar-refractivity contribution in [2.45, 2.75) is 13.5 Å². The highest BCUT2D eigenvalue weighted by atomic mass is 79.9. The molecule has 1 aliphatic heterocycles. The molecule has 1 fully saturated rings. The van der Waals surface area contributed by atoms with E-state index in [1.807, 2.05) is 24.3 Å². The van der Waals surface area contributed by atoms with Crippen molar-refractivity contribution in [3.05, 3.63) is 67.2 Å². The molecule has 1 N–H and O–H groups in total. The Morgan fingerprint density at radius 2 is 1.89 bits per heavy atom. The fraction of sp³-hybridized carbons (Fsp3) is 0.158. The van der Waals surface area contributed by atoms with Crippen LogP contribution in [-0.4, -0.2) is 23.4 Å². The van der Waals surface area contributed by atoms with Crippen molar-refractivity contribution >= 4 is 61.5 Å². The fourth-order valence-corrected chi connectivity index (χ4v) is 3.82. The molecule has 0 unspecified atom stereocenters. The van der Waals surface area contributed by atoms with E-state index in [0.29, 0.717) is 34.0 Å². The van der Waals surface area contributed by atoms with Gasteiger partial charge in [0.2, 0.25) is 0 Å². The number of halogens is 3. The lowest BCUT2D eigenvalue weighted by atomic mass is 10.1. The van der Waals surface area contributed by atoms with Crippen LogP contribution in [0.25, 0.3) is 6.08 Å². The summed E-state index contributed by atoms with van der Waals surface area (Å²) in [7, 11) is 0.